The minimum absolute atomic E-state index is 0.134. The van der Waals surface area contributed by atoms with Crippen molar-refractivity contribution in [1.29, 1.82) is 0 Å². The van der Waals surface area contributed by atoms with E-state index in [1.165, 1.54) is 51.4 Å². The quantitative estimate of drug-likeness (QED) is 0.843. The summed E-state index contributed by atoms with van der Waals surface area (Å²) in [4.78, 5) is 2.49. The molecule has 2 aliphatic rings. The summed E-state index contributed by atoms with van der Waals surface area (Å²) in [6, 6.07) is 0.370. The molecule has 0 aromatic carbocycles. The number of methoxy groups -OCH3 is 1. The third kappa shape index (κ3) is 5.01. The third-order valence-electron chi connectivity index (χ3n) is 5.17. The van der Waals surface area contributed by atoms with E-state index in [4.69, 9.17) is 4.74 Å². The standard InChI is InChI=1S/C17H33NO2/c1-20-15-12-13-18(14-15)16-10-8-6-4-2-3-5-7-9-11-17(16)19/h15-17,19H,2-14H2,1H3. The first-order chi connectivity index (χ1) is 9.81. The molecule has 3 nitrogen and oxygen atoms in total. The van der Waals surface area contributed by atoms with Gasteiger partial charge < -0.3 is 9.84 Å². The summed E-state index contributed by atoms with van der Waals surface area (Å²) in [6.07, 6.45) is 14.1. The lowest BCUT2D eigenvalue weighted by Gasteiger charge is -2.32. The van der Waals surface area contributed by atoms with E-state index in [0.717, 1.165) is 32.4 Å². The Hall–Kier alpha value is -0.120. The zero-order valence-electron chi connectivity index (χ0n) is 13.2. The van der Waals surface area contributed by atoms with Crippen molar-refractivity contribution in [3.63, 3.8) is 0 Å². The molecular formula is C17H33NO2. The Bertz CT molecular complexity index is 259. The van der Waals surface area contributed by atoms with E-state index in [2.05, 4.69) is 4.90 Å². The second kappa shape index (κ2) is 9.01. The average Bonchev–Trinajstić information content (AvgIpc) is 2.91. The first-order valence-corrected chi connectivity index (χ1v) is 8.76. The second-order valence-electron chi connectivity index (χ2n) is 6.68. The van der Waals surface area contributed by atoms with Crippen LogP contribution in [0.4, 0.5) is 0 Å². The van der Waals surface area contributed by atoms with Crippen LogP contribution in [0.5, 0.6) is 0 Å². The molecule has 0 aromatic rings. The van der Waals surface area contributed by atoms with Gasteiger partial charge in [-0.05, 0) is 19.3 Å². The van der Waals surface area contributed by atoms with Crippen LogP contribution >= 0.6 is 0 Å². The first-order valence-electron chi connectivity index (χ1n) is 8.76. The van der Waals surface area contributed by atoms with Gasteiger partial charge in [0.15, 0.2) is 0 Å². The van der Waals surface area contributed by atoms with E-state index in [1.807, 2.05) is 7.11 Å². The molecule has 1 aliphatic heterocycles. The molecule has 118 valence electrons. The largest absolute Gasteiger partial charge is 0.391 e. The van der Waals surface area contributed by atoms with Gasteiger partial charge in [-0.3, -0.25) is 4.90 Å². The Morgan fingerprint density at radius 1 is 0.850 bits per heavy atom. The van der Waals surface area contributed by atoms with E-state index < -0.39 is 0 Å². The lowest BCUT2D eigenvalue weighted by molar-refractivity contribution is 0.0349. The molecule has 1 saturated heterocycles. The number of ether oxygens (including phenoxy) is 1. The van der Waals surface area contributed by atoms with Crippen molar-refractivity contribution in [2.75, 3.05) is 20.2 Å². The Kier molecular flexibility index (Phi) is 7.32. The highest BCUT2D eigenvalue weighted by atomic mass is 16.5. The minimum Gasteiger partial charge on any atom is -0.391 e. The normalized spacial score (nSPS) is 35.4. The predicted octanol–water partition coefficient (Wildman–Crippen LogP) is 3.35. The van der Waals surface area contributed by atoms with Crippen molar-refractivity contribution in [2.24, 2.45) is 0 Å². The van der Waals surface area contributed by atoms with Gasteiger partial charge >= 0.3 is 0 Å². The molecule has 3 atom stereocenters. The van der Waals surface area contributed by atoms with Crippen molar-refractivity contribution >= 4 is 0 Å². The third-order valence-corrected chi connectivity index (χ3v) is 5.17. The van der Waals surface area contributed by atoms with Crippen molar-refractivity contribution in [3.05, 3.63) is 0 Å². The maximum Gasteiger partial charge on any atom is 0.0710 e. The number of aliphatic hydroxyl groups is 1. The van der Waals surface area contributed by atoms with Crippen molar-refractivity contribution < 1.29 is 9.84 Å². The van der Waals surface area contributed by atoms with Gasteiger partial charge in [0.2, 0.25) is 0 Å². The van der Waals surface area contributed by atoms with E-state index >= 15 is 0 Å². The Morgan fingerprint density at radius 3 is 2.05 bits per heavy atom. The molecule has 1 saturated carbocycles. The molecule has 0 aromatic heterocycles. The topological polar surface area (TPSA) is 32.7 Å². The highest BCUT2D eigenvalue weighted by Crippen LogP contribution is 2.24. The molecule has 0 bridgehead atoms. The monoisotopic (exact) mass is 283 g/mol. The molecule has 3 unspecified atom stereocenters. The molecule has 2 rings (SSSR count). The fourth-order valence-corrected chi connectivity index (χ4v) is 3.83. The van der Waals surface area contributed by atoms with E-state index in [-0.39, 0.29) is 6.10 Å². The van der Waals surface area contributed by atoms with E-state index in [9.17, 15) is 5.11 Å². The molecular weight excluding hydrogens is 250 g/mol. The molecule has 20 heavy (non-hydrogen) atoms. The SMILES string of the molecule is COC1CCN(C2CCCCCCCCCCC2O)C1. The Balaban J connectivity index is 1.87. The van der Waals surface area contributed by atoms with Crippen molar-refractivity contribution in [2.45, 2.75) is 88.9 Å². The smallest absolute Gasteiger partial charge is 0.0710 e. The number of hydrogen-bond donors (Lipinski definition) is 1. The maximum atomic E-state index is 10.6. The Morgan fingerprint density at radius 2 is 1.45 bits per heavy atom. The zero-order chi connectivity index (χ0) is 14.2. The van der Waals surface area contributed by atoms with Crippen molar-refractivity contribution in [3.8, 4) is 0 Å². The summed E-state index contributed by atoms with van der Waals surface area (Å²) in [5.41, 5.74) is 0. The minimum atomic E-state index is -0.134. The van der Waals surface area contributed by atoms with Gasteiger partial charge in [-0.15, -0.1) is 0 Å². The lowest BCUT2D eigenvalue weighted by Crippen LogP contribution is -2.43. The molecule has 0 spiro atoms. The Labute approximate surface area is 124 Å². The molecule has 1 N–H and O–H groups in total. The molecule has 1 aliphatic carbocycles. The van der Waals surface area contributed by atoms with Gasteiger partial charge in [0.1, 0.15) is 0 Å². The fourth-order valence-electron chi connectivity index (χ4n) is 3.83. The van der Waals surface area contributed by atoms with Gasteiger partial charge in [0, 0.05) is 26.2 Å². The molecule has 0 amide bonds. The highest BCUT2D eigenvalue weighted by Gasteiger charge is 2.31. The summed E-state index contributed by atoms with van der Waals surface area (Å²) < 4.78 is 5.48. The predicted molar refractivity (Wildman–Crippen MR) is 83.0 cm³/mol. The van der Waals surface area contributed by atoms with Gasteiger partial charge in [-0.1, -0.05) is 51.4 Å². The van der Waals surface area contributed by atoms with Crippen LogP contribution in [0, 0.1) is 0 Å². The van der Waals surface area contributed by atoms with Crippen LogP contribution in [0.15, 0.2) is 0 Å². The summed E-state index contributed by atoms with van der Waals surface area (Å²) in [7, 11) is 1.81. The van der Waals surface area contributed by atoms with E-state index in [0.29, 0.717) is 12.1 Å². The number of aliphatic hydroxyl groups excluding tert-OH is 1. The van der Waals surface area contributed by atoms with Gasteiger partial charge in [0.05, 0.1) is 12.2 Å². The van der Waals surface area contributed by atoms with Crippen molar-refractivity contribution in [1.82, 2.24) is 4.90 Å². The summed E-state index contributed by atoms with van der Waals surface area (Å²) in [6.45, 7) is 2.11. The summed E-state index contributed by atoms with van der Waals surface area (Å²) in [5, 5.41) is 10.6. The summed E-state index contributed by atoms with van der Waals surface area (Å²) >= 11 is 0. The fraction of sp³-hybridized carbons (Fsp3) is 1.00. The number of rotatable bonds is 2. The van der Waals surface area contributed by atoms with Gasteiger partial charge in [-0.25, -0.2) is 0 Å². The van der Waals surface area contributed by atoms with E-state index in [1.54, 1.807) is 0 Å². The van der Waals surface area contributed by atoms with Crippen LogP contribution < -0.4 is 0 Å². The molecule has 2 fully saturated rings. The summed E-state index contributed by atoms with van der Waals surface area (Å²) in [5.74, 6) is 0. The first kappa shape index (κ1) is 16.3. The molecule has 1 heterocycles. The van der Waals surface area contributed by atoms with Crippen LogP contribution in [0.25, 0.3) is 0 Å². The van der Waals surface area contributed by atoms with Gasteiger partial charge in [0.25, 0.3) is 0 Å². The van der Waals surface area contributed by atoms with Crippen LogP contribution in [-0.2, 0) is 4.74 Å². The molecule has 0 radical (unpaired) electrons. The van der Waals surface area contributed by atoms with Crippen LogP contribution in [0.3, 0.4) is 0 Å². The van der Waals surface area contributed by atoms with Gasteiger partial charge in [-0.2, -0.15) is 0 Å². The number of likely N-dealkylation sites (tertiary alicyclic amines) is 1. The highest BCUT2D eigenvalue weighted by molar-refractivity contribution is 4.86. The van der Waals surface area contributed by atoms with Crippen LogP contribution in [0.1, 0.15) is 70.6 Å². The molecule has 3 heteroatoms. The lowest BCUT2D eigenvalue weighted by atomic mass is 9.95. The maximum absolute atomic E-state index is 10.6. The average molecular weight is 283 g/mol. The number of nitrogens with zero attached hydrogens (tertiary/aromatic N) is 1. The second-order valence-corrected chi connectivity index (χ2v) is 6.68. The van der Waals surface area contributed by atoms with Crippen LogP contribution in [-0.4, -0.2) is 48.5 Å². The van der Waals surface area contributed by atoms with Crippen LogP contribution in [0.2, 0.25) is 0 Å². The zero-order valence-corrected chi connectivity index (χ0v) is 13.2. The number of hydrogen-bond acceptors (Lipinski definition) is 3.